The van der Waals surface area contributed by atoms with E-state index in [2.05, 4.69) is 20.6 Å². The van der Waals surface area contributed by atoms with Crippen molar-refractivity contribution in [2.75, 3.05) is 5.73 Å². The van der Waals surface area contributed by atoms with Gasteiger partial charge in [0.1, 0.15) is 5.60 Å². The number of nitrogens with one attached hydrogen (secondary N) is 2. The zero-order chi connectivity index (χ0) is 22.4. The minimum Gasteiger partial charge on any atom is -0.444 e. The molecule has 3 rings (SSSR count). The average molecular weight is 440 g/mol. The number of aromatic nitrogens is 2. The lowest BCUT2D eigenvalue weighted by Gasteiger charge is -2.19. The maximum absolute atomic E-state index is 12.5. The Morgan fingerprint density at radius 2 is 1.65 bits per heavy atom. The summed E-state index contributed by atoms with van der Waals surface area (Å²) in [5.41, 5.74) is 7.67. The van der Waals surface area contributed by atoms with Crippen molar-refractivity contribution in [3.05, 3.63) is 64.7 Å². The number of anilines is 1. The lowest BCUT2D eigenvalue weighted by Crippen LogP contribution is -2.32. The van der Waals surface area contributed by atoms with Gasteiger partial charge in [0.15, 0.2) is 0 Å². The minimum atomic E-state index is -0.530. The Hall–Kier alpha value is -3.46. The van der Waals surface area contributed by atoms with Crippen LogP contribution in [0.15, 0.2) is 48.7 Å². The van der Waals surface area contributed by atoms with Crippen LogP contribution in [0.5, 0.6) is 0 Å². The number of ether oxygens (including phenoxy) is 1. The van der Waals surface area contributed by atoms with Crippen LogP contribution < -0.4 is 16.4 Å². The highest BCUT2D eigenvalue weighted by atomic mass is 32.1. The maximum Gasteiger partial charge on any atom is 0.407 e. The Balaban J connectivity index is 1.50. The van der Waals surface area contributed by atoms with Crippen LogP contribution in [0, 0.1) is 0 Å². The van der Waals surface area contributed by atoms with Crippen LogP contribution in [0.4, 0.5) is 10.7 Å². The number of alkyl carbamates (subject to hydrolysis) is 1. The van der Waals surface area contributed by atoms with E-state index in [0.29, 0.717) is 23.7 Å². The van der Waals surface area contributed by atoms with Gasteiger partial charge in [-0.05, 0) is 50.1 Å². The summed E-state index contributed by atoms with van der Waals surface area (Å²) in [4.78, 5) is 33.7. The first-order chi connectivity index (χ1) is 14.7. The Labute approximate surface area is 184 Å². The summed E-state index contributed by atoms with van der Waals surface area (Å²) in [5, 5.41) is 5.63. The molecule has 0 radical (unpaired) electrons. The number of nitrogens with two attached hydrogens (primary N) is 1. The number of carbonyl (C=O) groups excluding carboxylic acids is 2. The molecule has 0 aliphatic rings. The minimum absolute atomic E-state index is 0.158. The lowest BCUT2D eigenvalue weighted by atomic mass is 10.1. The van der Waals surface area contributed by atoms with E-state index < -0.39 is 11.7 Å². The van der Waals surface area contributed by atoms with E-state index in [0.717, 1.165) is 16.0 Å². The molecule has 4 N–H and O–H groups in total. The molecule has 0 unspecified atom stereocenters. The highest BCUT2D eigenvalue weighted by Gasteiger charge is 2.15. The number of thiophene rings is 1. The third-order valence-electron chi connectivity index (χ3n) is 4.07. The van der Waals surface area contributed by atoms with E-state index in [4.69, 9.17) is 10.5 Å². The number of carbonyl (C=O) groups is 2. The molecule has 162 valence electrons. The van der Waals surface area contributed by atoms with Crippen LogP contribution >= 0.6 is 11.3 Å². The Morgan fingerprint density at radius 3 is 2.26 bits per heavy atom. The predicted octanol–water partition coefficient (Wildman–Crippen LogP) is 3.74. The molecule has 31 heavy (non-hydrogen) atoms. The van der Waals surface area contributed by atoms with Crippen molar-refractivity contribution < 1.29 is 14.3 Å². The molecular weight excluding hydrogens is 414 g/mol. The highest BCUT2D eigenvalue weighted by molar-refractivity contribution is 7.17. The van der Waals surface area contributed by atoms with Crippen LogP contribution in [0.1, 0.15) is 41.6 Å². The monoisotopic (exact) mass is 439 g/mol. The van der Waals surface area contributed by atoms with Gasteiger partial charge in [-0.15, -0.1) is 11.3 Å². The highest BCUT2D eigenvalue weighted by Crippen LogP contribution is 2.26. The number of nitrogen functional groups attached to an aromatic ring is 1. The molecule has 8 nitrogen and oxygen atoms in total. The third kappa shape index (κ3) is 6.78. The van der Waals surface area contributed by atoms with E-state index >= 15 is 0 Å². The number of hydrogen-bond acceptors (Lipinski definition) is 7. The lowest BCUT2D eigenvalue weighted by molar-refractivity contribution is 0.0523. The summed E-state index contributed by atoms with van der Waals surface area (Å²) in [6.07, 6.45) is 1.13. The van der Waals surface area contributed by atoms with Crippen molar-refractivity contribution in [2.24, 2.45) is 0 Å². The summed E-state index contributed by atoms with van der Waals surface area (Å²) in [5.74, 6) is 0.0376. The van der Waals surface area contributed by atoms with Crippen molar-refractivity contribution in [3.8, 4) is 10.6 Å². The van der Waals surface area contributed by atoms with Gasteiger partial charge in [0.25, 0.3) is 5.91 Å². The topological polar surface area (TPSA) is 119 Å². The van der Waals surface area contributed by atoms with E-state index in [9.17, 15) is 9.59 Å². The Bertz CT molecular complexity index is 1060. The molecule has 2 aromatic heterocycles. The second-order valence-corrected chi connectivity index (χ2v) is 8.90. The van der Waals surface area contributed by atoms with Gasteiger partial charge in [-0.3, -0.25) is 4.79 Å². The van der Waals surface area contributed by atoms with Gasteiger partial charge in [0.2, 0.25) is 5.95 Å². The van der Waals surface area contributed by atoms with Crippen molar-refractivity contribution in [1.29, 1.82) is 0 Å². The number of nitrogens with zero attached hydrogens (tertiary/aromatic N) is 2. The average Bonchev–Trinajstić information content (AvgIpc) is 3.20. The van der Waals surface area contributed by atoms with Crippen LogP contribution in [0.25, 0.3) is 10.6 Å². The molecule has 1 aromatic carbocycles. The number of benzene rings is 1. The first kappa shape index (κ1) is 22.2. The molecule has 0 spiro atoms. The fourth-order valence-corrected chi connectivity index (χ4v) is 3.53. The number of amides is 2. The zero-order valence-electron chi connectivity index (χ0n) is 17.6. The Morgan fingerprint density at radius 1 is 1.00 bits per heavy atom. The predicted molar refractivity (Wildman–Crippen MR) is 120 cm³/mol. The van der Waals surface area contributed by atoms with Gasteiger partial charge in [0, 0.05) is 19.3 Å². The summed E-state index contributed by atoms with van der Waals surface area (Å²) in [7, 11) is 0. The molecule has 0 atom stereocenters. The molecule has 0 bridgehead atoms. The number of rotatable bonds is 6. The second-order valence-electron chi connectivity index (χ2n) is 7.82. The van der Waals surface area contributed by atoms with E-state index in [1.807, 2.05) is 51.1 Å². The summed E-state index contributed by atoms with van der Waals surface area (Å²) in [6.45, 7) is 6.22. The molecule has 0 aliphatic heterocycles. The van der Waals surface area contributed by atoms with Crippen LogP contribution in [-0.4, -0.2) is 27.6 Å². The smallest absolute Gasteiger partial charge is 0.407 e. The zero-order valence-corrected chi connectivity index (χ0v) is 18.5. The second kappa shape index (κ2) is 9.57. The molecule has 0 fully saturated rings. The van der Waals surface area contributed by atoms with E-state index in [-0.39, 0.29) is 11.9 Å². The maximum atomic E-state index is 12.5. The van der Waals surface area contributed by atoms with Gasteiger partial charge in [-0.1, -0.05) is 24.3 Å². The van der Waals surface area contributed by atoms with Gasteiger partial charge < -0.3 is 21.1 Å². The standard InChI is InChI=1S/C22H25N5O3S/c1-22(2,3)30-21(29)26-13-15-6-4-14(5-7-15)12-25-19(28)18-9-8-17(31-18)16-10-11-24-20(23)27-16/h4-11H,12-13H2,1-3H3,(H,25,28)(H,26,29)(H2,23,24,27). The normalized spacial score (nSPS) is 11.1. The van der Waals surface area contributed by atoms with Crippen LogP contribution in [0.3, 0.4) is 0 Å². The Kier molecular flexibility index (Phi) is 6.86. The quantitative estimate of drug-likeness (QED) is 0.538. The molecule has 9 heteroatoms. The molecule has 2 amide bonds. The van der Waals surface area contributed by atoms with Crippen molar-refractivity contribution >= 4 is 29.3 Å². The summed E-state index contributed by atoms with van der Waals surface area (Å²) < 4.78 is 5.22. The van der Waals surface area contributed by atoms with Gasteiger partial charge >= 0.3 is 6.09 Å². The SMILES string of the molecule is CC(C)(C)OC(=O)NCc1ccc(CNC(=O)c2ccc(-c3ccnc(N)n3)s2)cc1. The van der Waals surface area contributed by atoms with Crippen molar-refractivity contribution in [3.63, 3.8) is 0 Å². The molecule has 2 heterocycles. The van der Waals surface area contributed by atoms with Crippen LogP contribution in [0.2, 0.25) is 0 Å². The summed E-state index contributed by atoms with van der Waals surface area (Å²) in [6, 6.07) is 13.0. The van der Waals surface area contributed by atoms with Crippen LogP contribution in [-0.2, 0) is 17.8 Å². The van der Waals surface area contributed by atoms with E-state index in [1.165, 1.54) is 11.3 Å². The fourth-order valence-electron chi connectivity index (χ4n) is 2.64. The molecule has 0 saturated carbocycles. The first-order valence-corrected chi connectivity index (χ1v) is 10.5. The molecular formula is C22H25N5O3S. The van der Waals surface area contributed by atoms with Gasteiger partial charge in [0.05, 0.1) is 15.4 Å². The molecule has 0 saturated heterocycles. The van der Waals surface area contributed by atoms with Gasteiger partial charge in [-0.25, -0.2) is 14.8 Å². The molecule has 0 aliphatic carbocycles. The molecule has 3 aromatic rings. The van der Waals surface area contributed by atoms with Crippen molar-refractivity contribution in [2.45, 2.75) is 39.5 Å². The largest absolute Gasteiger partial charge is 0.444 e. The van der Waals surface area contributed by atoms with E-state index in [1.54, 1.807) is 18.3 Å². The van der Waals surface area contributed by atoms with Crippen molar-refractivity contribution in [1.82, 2.24) is 20.6 Å². The number of hydrogen-bond donors (Lipinski definition) is 3. The first-order valence-electron chi connectivity index (χ1n) is 9.71. The summed E-state index contributed by atoms with van der Waals surface area (Å²) >= 11 is 1.34. The third-order valence-corrected chi connectivity index (χ3v) is 5.17. The van der Waals surface area contributed by atoms with Gasteiger partial charge in [-0.2, -0.15) is 0 Å². The fraction of sp³-hybridized carbons (Fsp3) is 0.273.